The normalized spacial score (nSPS) is 23.8. The molecule has 2 amide bonds. The number of carbonyl (C=O) groups is 1. The molecule has 1 N–H and O–H groups in total. The summed E-state index contributed by atoms with van der Waals surface area (Å²) in [6, 6.07) is 10.1. The van der Waals surface area contributed by atoms with Crippen LogP contribution >= 0.6 is 11.8 Å². The zero-order valence-corrected chi connectivity index (χ0v) is 11.7. The highest BCUT2D eigenvalue weighted by molar-refractivity contribution is 8.00. The number of amides is 2. The van der Waals surface area contributed by atoms with E-state index in [0.717, 1.165) is 18.7 Å². The molecule has 0 aromatic heterocycles. The van der Waals surface area contributed by atoms with Crippen molar-refractivity contribution in [2.75, 3.05) is 13.1 Å². The van der Waals surface area contributed by atoms with Crippen LogP contribution in [0, 0.1) is 0 Å². The number of benzene rings is 1. The number of carbonyl (C=O) groups excluding carboxylic acids is 1. The maximum absolute atomic E-state index is 12.1. The van der Waals surface area contributed by atoms with Gasteiger partial charge in [0.15, 0.2) is 0 Å². The van der Waals surface area contributed by atoms with Gasteiger partial charge in [0.1, 0.15) is 0 Å². The highest BCUT2D eigenvalue weighted by Gasteiger charge is 2.25. The summed E-state index contributed by atoms with van der Waals surface area (Å²) in [5.74, 6) is 0. The molecule has 1 aliphatic heterocycles. The molecule has 2 rings (SSSR count). The third-order valence-electron chi connectivity index (χ3n) is 2.99. The van der Waals surface area contributed by atoms with E-state index in [0.29, 0.717) is 17.0 Å². The van der Waals surface area contributed by atoms with E-state index in [9.17, 15) is 4.79 Å². The molecule has 1 aliphatic rings. The summed E-state index contributed by atoms with van der Waals surface area (Å²) < 4.78 is 0. The first-order chi connectivity index (χ1) is 8.65. The Morgan fingerprint density at radius 1 is 1.28 bits per heavy atom. The Balaban J connectivity index is 1.84. The molecule has 3 nitrogen and oxygen atoms in total. The van der Waals surface area contributed by atoms with Gasteiger partial charge in [-0.2, -0.15) is 11.8 Å². The predicted octanol–water partition coefficient (Wildman–Crippen LogP) is 2.72. The molecule has 0 spiro atoms. The maximum atomic E-state index is 12.1. The second-order valence-electron chi connectivity index (χ2n) is 4.81. The first-order valence-electron chi connectivity index (χ1n) is 6.37. The third kappa shape index (κ3) is 3.67. The van der Waals surface area contributed by atoms with E-state index < -0.39 is 0 Å². The van der Waals surface area contributed by atoms with Crippen molar-refractivity contribution in [2.24, 2.45) is 0 Å². The molecular weight excluding hydrogens is 244 g/mol. The minimum atomic E-state index is 0.0536. The van der Waals surface area contributed by atoms with Gasteiger partial charge in [0.05, 0.1) is 0 Å². The van der Waals surface area contributed by atoms with Crippen LogP contribution in [0.1, 0.15) is 19.4 Å². The van der Waals surface area contributed by atoms with Crippen molar-refractivity contribution < 1.29 is 4.79 Å². The lowest BCUT2D eigenvalue weighted by atomic mass is 10.2. The van der Waals surface area contributed by atoms with Crippen molar-refractivity contribution in [1.82, 2.24) is 10.2 Å². The van der Waals surface area contributed by atoms with Crippen molar-refractivity contribution in [3.8, 4) is 0 Å². The van der Waals surface area contributed by atoms with E-state index in [1.807, 2.05) is 47.0 Å². The van der Waals surface area contributed by atoms with Crippen molar-refractivity contribution in [2.45, 2.75) is 30.9 Å². The predicted molar refractivity (Wildman–Crippen MR) is 76.8 cm³/mol. The van der Waals surface area contributed by atoms with Crippen LogP contribution in [-0.2, 0) is 6.54 Å². The molecule has 2 atom stereocenters. The van der Waals surface area contributed by atoms with Gasteiger partial charge < -0.3 is 10.2 Å². The number of nitrogens with zero attached hydrogens (tertiary/aromatic N) is 1. The largest absolute Gasteiger partial charge is 0.334 e. The molecule has 1 fully saturated rings. The Kier molecular flexibility index (Phi) is 4.53. The fourth-order valence-electron chi connectivity index (χ4n) is 2.23. The highest BCUT2D eigenvalue weighted by Crippen LogP contribution is 2.24. The van der Waals surface area contributed by atoms with Crippen LogP contribution in [0.4, 0.5) is 4.79 Å². The number of thioether (sulfide) groups is 1. The number of hydrogen-bond donors (Lipinski definition) is 1. The number of urea groups is 1. The first kappa shape index (κ1) is 13.3. The van der Waals surface area contributed by atoms with Gasteiger partial charge in [-0.15, -0.1) is 0 Å². The van der Waals surface area contributed by atoms with E-state index in [-0.39, 0.29) is 6.03 Å². The van der Waals surface area contributed by atoms with Gasteiger partial charge in [0, 0.05) is 30.1 Å². The summed E-state index contributed by atoms with van der Waals surface area (Å²) in [6.07, 6.45) is 0. The lowest BCUT2D eigenvalue weighted by molar-refractivity contribution is 0.196. The van der Waals surface area contributed by atoms with Crippen molar-refractivity contribution in [3.05, 3.63) is 35.9 Å². The summed E-state index contributed by atoms with van der Waals surface area (Å²) in [5.41, 5.74) is 1.14. The van der Waals surface area contributed by atoms with Crippen LogP contribution < -0.4 is 5.32 Å². The molecule has 1 heterocycles. The van der Waals surface area contributed by atoms with Gasteiger partial charge in [-0.05, 0) is 5.56 Å². The summed E-state index contributed by atoms with van der Waals surface area (Å²) in [7, 11) is 0. The van der Waals surface area contributed by atoms with Gasteiger partial charge in [-0.25, -0.2) is 4.79 Å². The highest BCUT2D eigenvalue weighted by atomic mass is 32.2. The van der Waals surface area contributed by atoms with E-state index in [1.165, 1.54) is 0 Å². The van der Waals surface area contributed by atoms with Crippen LogP contribution in [0.3, 0.4) is 0 Å². The Morgan fingerprint density at radius 2 is 1.89 bits per heavy atom. The van der Waals surface area contributed by atoms with Crippen molar-refractivity contribution in [3.63, 3.8) is 0 Å². The van der Waals surface area contributed by atoms with Crippen LogP contribution in [0.2, 0.25) is 0 Å². The van der Waals surface area contributed by atoms with Gasteiger partial charge in [-0.3, -0.25) is 0 Å². The smallest absolute Gasteiger partial charge is 0.317 e. The summed E-state index contributed by atoms with van der Waals surface area (Å²) in [6.45, 7) is 6.65. The van der Waals surface area contributed by atoms with E-state index in [4.69, 9.17) is 0 Å². The second-order valence-corrected chi connectivity index (χ2v) is 6.69. The zero-order chi connectivity index (χ0) is 13.0. The molecule has 18 heavy (non-hydrogen) atoms. The molecule has 2 unspecified atom stereocenters. The van der Waals surface area contributed by atoms with Crippen molar-refractivity contribution >= 4 is 17.8 Å². The first-order valence-corrected chi connectivity index (χ1v) is 7.31. The fraction of sp³-hybridized carbons (Fsp3) is 0.500. The standard InChI is InChI=1S/C14H20N2OS/c1-11-9-16(10-12(2)18-11)14(17)15-8-13-6-4-3-5-7-13/h3-7,11-12H,8-10H2,1-2H3,(H,15,17). The Hall–Kier alpha value is -1.16. The summed E-state index contributed by atoms with van der Waals surface area (Å²) >= 11 is 1.96. The average molecular weight is 264 g/mol. The lowest BCUT2D eigenvalue weighted by Gasteiger charge is -2.34. The van der Waals surface area contributed by atoms with Gasteiger partial charge in [0.25, 0.3) is 0 Å². The minimum Gasteiger partial charge on any atom is -0.334 e. The lowest BCUT2D eigenvalue weighted by Crippen LogP contribution is -2.48. The van der Waals surface area contributed by atoms with Gasteiger partial charge >= 0.3 is 6.03 Å². The van der Waals surface area contributed by atoms with Gasteiger partial charge in [-0.1, -0.05) is 44.2 Å². The third-order valence-corrected chi connectivity index (χ3v) is 4.22. The molecule has 1 aromatic rings. The number of rotatable bonds is 2. The van der Waals surface area contributed by atoms with E-state index in [1.54, 1.807) is 0 Å². The molecule has 98 valence electrons. The van der Waals surface area contributed by atoms with E-state index in [2.05, 4.69) is 19.2 Å². The minimum absolute atomic E-state index is 0.0536. The molecule has 0 aliphatic carbocycles. The number of hydrogen-bond acceptors (Lipinski definition) is 2. The molecule has 1 aromatic carbocycles. The van der Waals surface area contributed by atoms with Crippen LogP contribution in [-0.4, -0.2) is 34.5 Å². The summed E-state index contributed by atoms with van der Waals surface area (Å²) in [5, 5.41) is 4.04. The molecule has 0 saturated carbocycles. The monoisotopic (exact) mass is 264 g/mol. The second kappa shape index (κ2) is 6.14. The Labute approximate surface area is 113 Å². The maximum Gasteiger partial charge on any atom is 0.317 e. The molecule has 0 radical (unpaired) electrons. The van der Waals surface area contributed by atoms with Crippen molar-refractivity contribution in [1.29, 1.82) is 0 Å². The molecule has 1 saturated heterocycles. The van der Waals surface area contributed by atoms with Crippen LogP contribution in [0.15, 0.2) is 30.3 Å². The van der Waals surface area contributed by atoms with Crippen LogP contribution in [0.5, 0.6) is 0 Å². The fourth-order valence-corrected chi connectivity index (χ4v) is 3.55. The van der Waals surface area contributed by atoms with E-state index >= 15 is 0 Å². The topological polar surface area (TPSA) is 32.3 Å². The molecular formula is C14H20N2OS. The Bertz CT molecular complexity index is 386. The number of nitrogens with one attached hydrogen (secondary N) is 1. The van der Waals surface area contributed by atoms with Gasteiger partial charge in [0.2, 0.25) is 0 Å². The summed E-state index contributed by atoms with van der Waals surface area (Å²) in [4.78, 5) is 14.0. The molecule has 0 bridgehead atoms. The zero-order valence-electron chi connectivity index (χ0n) is 10.9. The Morgan fingerprint density at radius 3 is 2.50 bits per heavy atom. The average Bonchev–Trinajstić information content (AvgIpc) is 2.36. The van der Waals surface area contributed by atoms with Crippen LogP contribution in [0.25, 0.3) is 0 Å². The SMILES string of the molecule is CC1CN(C(=O)NCc2ccccc2)CC(C)S1. The quantitative estimate of drug-likeness (QED) is 0.891. The molecule has 4 heteroatoms.